The van der Waals surface area contributed by atoms with Gasteiger partial charge in [-0.25, -0.2) is 4.98 Å². The van der Waals surface area contributed by atoms with Crippen molar-refractivity contribution in [2.24, 2.45) is 0 Å². The maximum atomic E-state index is 9.09. The van der Waals surface area contributed by atoms with Crippen molar-refractivity contribution in [1.29, 1.82) is 5.26 Å². The number of benzene rings is 1. The highest BCUT2D eigenvalue weighted by atomic mass is 15.1. The lowest BCUT2D eigenvalue weighted by Gasteiger charge is -2.01. The lowest BCUT2D eigenvalue weighted by Crippen LogP contribution is -1.94. The third-order valence-corrected chi connectivity index (χ3v) is 2.99. The van der Waals surface area contributed by atoms with Crippen LogP contribution >= 0.6 is 0 Å². The van der Waals surface area contributed by atoms with Crippen LogP contribution in [0.15, 0.2) is 24.3 Å². The molecule has 0 saturated carbocycles. The van der Waals surface area contributed by atoms with Crippen molar-refractivity contribution in [3.63, 3.8) is 0 Å². The first-order valence-electron chi connectivity index (χ1n) is 5.89. The Balaban J connectivity index is 2.27. The molecule has 0 radical (unpaired) electrons. The lowest BCUT2D eigenvalue weighted by molar-refractivity contribution is 0.940. The third-order valence-electron chi connectivity index (χ3n) is 2.99. The zero-order chi connectivity index (χ0) is 13.4. The molecule has 5 nitrogen and oxygen atoms in total. The molecule has 5 heteroatoms. The highest BCUT2D eigenvalue weighted by molar-refractivity contribution is 5.84. The number of nitrogens with zero attached hydrogens (tertiary/aromatic N) is 4. The van der Waals surface area contributed by atoms with E-state index in [9.17, 15) is 0 Å². The fourth-order valence-electron chi connectivity index (χ4n) is 2.04. The van der Waals surface area contributed by atoms with E-state index in [-0.39, 0.29) is 0 Å². The maximum absolute atomic E-state index is 9.09. The van der Waals surface area contributed by atoms with E-state index >= 15 is 0 Å². The average molecular weight is 249 g/mol. The average Bonchev–Trinajstić information content (AvgIpc) is 2.85. The molecule has 0 unspecified atom stereocenters. The molecule has 0 spiro atoms. The number of fused-ring (bicyclic) bond motifs is 1. The summed E-state index contributed by atoms with van der Waals surface area (Å²) in [4.78, 5) is 7.73. The van der Waals surface area contributed by atoms with Crippen molar-refractivity contribution in [2.75, 3.05) is 0 Å². The van der Waals surface area contributed by atoms with Gasteiger partial charge >= 0.3 is 0 Å². The summed E-state index contributed by atoms with van der Waals surface area (Å²) >= 11 is 0. The first-order chi connectivity index (χ1) is 9.19. The first kappa shape index (κ1) is 11.4. The second kappa shape index (κ2) is 4.18. The zero-order valence-electron chi connectivity index (χ0n) is 10.6. The van der Waals surface area contributed by atoms with Crippen LogP contribution < -0.4 is 0 Å². The highest BCUT2D eigenvalue weighted by Crippen LogP contribution is 2.24. The molecule has 19 heavy (non-hydrogen) atoms. The fraction of sp³-hybridized carbons (Fsp3) is 0.143. The topological polar surface area (TPSA) is 78.2 Å². The smallest absolute Gasteiger partial charge is 0.140 e. The quantitative estimate of drug-likeness (QED) is 0.718. The van der Waals surface area contributed by atoms with Crippen LogP contribution in [0, 0.1) is 25.2 Å². The van der Waals surface area contributed by atoms with Gasteiger partial charge in [-0.2, -0.15) is 15.5 Å². The van der Waals surface area contributed by atoms with Crippen molar-refractivity contribution in [1.82, 2.24) is 20.2 Å². The maximum Gasteiger partial charge on any atom is 0.140 e. The number of para-hydroxylation sites is 1. The van der Waals surface area contributed by atoms with Crippen molar-refractivity contribution < 1.29 is 0 Å². The molecule has 3 rings (SSSR count). The molecule has 0 saturated heterocycles. The zero-order valence-corrected chi connectivity index (χ0v) is 10.6. The van der Waals surface area contributed by atoms with Gasteiger partial charge in [-0.1, -0.05) is 6.07 Å². The molecule has 3 aromatic rings. The van der Waals surface area contributed by atoms with E-state index in [1.807, 2.05) is 32.0 Å². The predicted octanol–water partition coefficient (Wildman–Crippen LogP) is 2.51. The number of nitriles is 1. The number of hydrogen-bond acceptors (Lipinski definition) is 4. The largest absolute Gasteiger partial charge is 0.338 e. The molecule has 2 heterocycles. The third kappa shape index (κ3) is 1.83. The molecule has 0 aliphatic heterocycles. The summed E-state index contributed by atoms with van der Waals surface area (Å²) in [5, 5.41) is 17.2. The molecule has 0 aliphatic rings. The minimum absolute atomic E-state index is 0.566. The minimum Gasteiger partial charge on any atom is -0.338 e. The Kier molecular flexibility index (Phi) is 2.50. The van der Waals surface area contributed by atoms with Gasteiger partial charge in [0.2, 0.25) is 0 Å². The Morgan fingerprint density at radius 2 is 2.05 bits per heavy atom. The van der Waals surface area contributed by atoms with Crippen LogP contribution in [-0.4, -0.2) is 20.2 Å². The number of nitrogens with one attached hydrogen (secondary N) is 1. The van der Waals surface area contributed by atoms with Crippen molar-refractivity contribution >= 4 is 11.0 Å². The van der Waals surface area contributed by atoms with Gasteiger partial charge in [-0.15, -0.1) is 0 Å². The van der Waals surface area contributed by atoms with Crippen molar-refractivity contribution in [2.45, 2.75) is 13.8 Å². The summed E-state index contributed by atoms with van der Waals surface area (Å²) in [6, 6.07) is 9.59. The van der Waals surface area contributed by atoms with E-state index in [2.05, 4.69) is 26.2 Å². The van der Waals surface area contributed by atoms with Gasteiger partial charge in [0.25, 0.3) is 0 Å². The Labute approximate surface area is 109 Å². The standard InChI is InChI=1S/C14H11N5/c1-8-6-11(9(2)19-18-8)14-16-12-5-3-4-10(7-15)13(12)17-14/h3-6H,1-2H3,(H,16,17). The van der Waals surface area contributed by atoms with E-state index in [1.165, 1.54) is 0 Å². The summed E-state index contributed by atoms with van der Waals surface area (Å²) in [7, 11) is 0. The van der Waals surface area contributed by atoms with Crippen LogP contribution in [0.5, 0.6) is 0 Å². The van der Waals surface area contributed by atoms with Crippen LogP contribution in [-0.2, 0) is 0 Å². The Hall–Kier alpha value is -2.74. The summed E-state index contributed by atoms with van der Waals surface area (Å²) < 4.78 is 0. The van der Waals surface area contributed by atoms with E-state index in [0.29, 0.717) is 16.9 Å². The molecular weight excluding hydrogens is 238 g/mol. The van der Waals surface area contributed by atoms with Gasteiger partial charge in [0.1, 0.15) is 17.4 Å². The minimum atomic E-state index is 0.566. The van der Waals surface area contributed by atoms with E-state index in [0.717, 1.165) is 22.5 Å². The fourth-order valence-corrected chi connectivity index (χ4v) is 2.04. The SMILES string of the molecule is Cc1cc(-c2nc3c(C#N)cccc3[nH]2)c(C)nn1. The molecule has 0 fully saturated rings. The molecule has 0 atom stereocenters. The van der Waals surface area contributed by atoms with E-state index in [1.54, 1.807) is 6.07 Å². The van der Waals surface area contributed by atoms with Gasteiger partial charge < -0.3 is 4.98 Å². The second-order valence-corrected chi connectivity index (χ2v) is 4.38. The van der Waals surface area contributed by atoms with Crippen LogP contribution in [0.25, 0.3) is 22.4 Å². The monoisotopic (exact) mass is 249 g/mol. The first-order valence-corrected chi connectivity index (χ1v) is 5.89. The molecule has 92 valence electrons. The lowest BCUT2D eigenvalue weighted by atomic mass is 10.2. The molecule has 0 aliphatic carbocycles. The number of aromatic nitrogens is 4. The van der Waals surface area contributed by atoms with Crippen LogP contribution in [0.4, 0.5) is 0 Å². The van der Waals surface area contributed by atoms with Crippen molar-refractivity contribution in [3.8, 4) is 17.5 Å². The van der Waals surface area contributed by atoms with E-state index in [4.69, 9.17) is 5.26 Å². The number of aromatic amines is 1. The Morgan fingerprint density at radius 1 is 1.21 bits per heavy atom. The molecule has 1 aromatic carbocycles. The number of imidazole rings is 1. The van der Waals surface area contributed by atoms with Gasteiger partial charge in [-0.05, 0) is 32.0 Å². The van der Waals surface area contributed by atoms with E-state index < -0.39 is 0 Å². The molecule has 1 N–H and O–H groups in total. The molecule has 0 bridgehead atoms. The number of H-pyrrole nitrogens is 1. The molecular formula is C14H11N5. The van der Waals surface area contributed by atoms with Gasteiger partial charge in [0.15, 0.2) is 0 Å². The summed E-state index contributed by atoms with van der Waals surface area (Å²) in [5.41, 5.74) is 4.66. The Bertz CT molecular complexity index is 810. The predicted molar refractivity (Wildman–Crippen MR) is 71.3 cm³/mol. The normalized spacial score (nSPS) is 10.6. The molecule has 0 amide bonds. The van der Waals surface area contributed by atoms with Crippen LogP contribution in [0.2, 0.25) is 0 Å². The summed E-state index contributed by atoms with van der Waals surface area (Å²) in [6.07, 6.45) is 0. The number of aryl methyl sites for hydroxylation is 2. The van der Waals surface area contributed by atoms with Crippen molar-refractivity contribution in [3.05, 3.63) is 41.2 Å². The second-order valence-electron chi connectivity index (χ2n) is 4.38. The Morgan fingerprint density at radius 3 is 2.84 bits per heavy atom. The number of hydrogen-bond donors (Lipinski definition) is 1. The van der Waals surface area contributed by atoms with Crippen LogP contribution in [0.1, 0.15) is 17.0 Å². The summed E-state index contributed by atoms with van der Waals surface area (Å²) in [5.74, 6) is 0.716. The van der Waals surface area contributed by atoms with Gasteiger partial charge in [0, 0.05) is 5.56 Å². The highest BCUT2D eigenvalue weighted by Gasteiger charge is 2.11. The summed E-state index contributed by atoms with van der Waals surface area (Å²) in [6.45, 7) is 3.78. The van der Waals surface area contributed by atoms with Gasteiger partial charge in [0.05, 0.1) is 22.5 Å². The molecule has 2 aromatic heterocycles. The number of rotatable bonds is 1. The van der Waals surface area contributed by atoms with Crippen LogP contribution in [0.3, 0.4) is 0 Å². The van der Waals surface area contributed by atoms with Gasteiger partial charge in [-0.3, -0.25) is 0 Å².